The van der Waals surface area contributed by atoms with Gasteiger partial charge in [0.05, 0.1) is 5.92 Å². The van der Waals surface area contributed by atoms with E-state index in [2.05, 4.69) is 18.7 Å². The first kappa shape index (κ1) is 11.0. The standard InChI is InChI=1S/C13H17NO2/c1-13(2)8-10(12(15)16)9-14(13)11-6-4-3-5-7-11/h3-7,10H,8-9H2,1-2H3,(H,15,16). The number of hydrogen-bond acceptors (Lipinski definition) is 2. The summed E-state index contributed by atoms with van der Waals surface area (Å²) >= 11 is 0. The Bertz CT molecular complexity index is 386. The van der Waals surface area contributed by atoms with Gasteiger partial charge in [-0.1, -0.05) is 18.2 Å². The molecule has 1 heterocycles. The number of benzene rings is 1. The molecular weight excluding hydrogens is 202 g/mol. The Morgan fingerprint density at radius 2 is 2.00 bits per heavy atom. The minimum absolute atomic E-state index is 0.0790. The van der Waals surface area contributed by atoms with E-state index in [-0.39, 0.29) is 11.5 Å². The summed E-state index contributed by atoms with van der Waals surface area (Å²) in [5.74, 6) is -0.943. The molecule has 0 radical (unpaired) electrons. The van der Waals surface area contributed by atoms with Gasteiger partial charge in [0.25, 0.3) is 0 Å². The van der Waals surface area contributed by atoms with Gasteiger partial charge in [0, 0.05) is 17.8 Å². The molecular formula is C13H17NO2. The lowest BCUT2D eigenvalue weighted by Crippen LogP contribution is -2.38. The van der Waals surface area contributed by atoms with Crippen molar-refractivity contribution < 1.29 is 9.90 Å². The second-order valence-electron chi connectivity index (χ2n) is 5.00. The van der Waals surface area contributed by atoms with E-state index < -0.39 is 5.97 Å². The van der Waals surface area contributed by atoms with E-state index in [1.807, 2.05) is 30.3 Å². The van der Waals surface area contributed by atoms with Crippen molar-refractivity contribution in [1.29, 1.82) is 0 Å². The van der Waals surface area contributed by atoms with E-state index in [0.29, 0.717) is 13.0 Å². The first-order chi connectivity index (χ1) is 7.50. The topological polar surface area (TPSA) is 40.5 Å². The number of hydrogen-bond donors (Lipinski definition) is 1. The number of rotatable bonds is 2. The van der Waals surface area contributed by atoms with Crippen molar-refractivity contribution in [3.8, 4) is 0 Å². The third-order valence-corrected chi connectivity index (χ3v) is 3.30. The fraction of sp³-hybridized carbons (Fsp3) is 0.462. The van der Waals surface area contributed by atoms with Gasteiger partial charge >= 0.3 is 5.97 Å². The van der Waals surface area contributed by atoms with Crippen LogP contribution in [0.3, 0.4) is 0 Å². The van der Waals surface area contributed by atoms with Crippen LogP contribution in [0, 0.1) is 5.92 Å². The van der Waals surface area contributed by atoms with Crippen LogP contribution in [0.15, 0.2) is 30.3 Å². The van der Waals surface area contributed by atoms with E-state index in [1.54, 1.807) is 0 Å². The predicted octanol–water partition coefficient (Wildman–Crippen LogP) is 2.38. The molecule has 3 heteroatoms. The Hall–Kier alpha value is -1.51. The number of carbonyl (C=O) groups is 1. The van der Waals surface area contributed by atoms with Gasteiger partial charge in [0.1, 0.15) is 0 Å². The highest BCUT2D eigenvalue weighted by Crippen LogP contribution is 2.36. The van der Waals surface area contributed by atoms with Crippen LogP contribution in [-0.2, 0) is 4.79 Å². The lowest BCUT2D eigenvalue weighted by Gasteiger charge is -2.33. The molecule has 0 bridgehead atoms. The third-order valence-electron chi connectivity index (χ3n) is 3.30. The van der Waals surface area contributed by atoms with Crippen molar-refractivity contribution >= 4 is 11.7 Å². The molecule has 0 spiro atoms. The minimum atomic E-state index is -0.688. The maximum atomic E-state index is 11.0. The second-order valence-corrected chi connectivity index (χ2v) is 5.00. The summed E-state index contributed by atoms with van der Waals surface area (Å²) in [5.41, 5.74) is 1.03. The molecule has 3 nitrogen and oxygen atoms in total. The van der Waals surface area contributed by atoms with Crippen molar-refractivity contribution in [2.75, 3.05) is 11.4 Å². The maximum Gasteiger partial charge on any atom is 0.308 e. The highest BCUT2D eigenvalue weighted by Gasteiger charge is 2.41. The summed E-state index contributed by atoms with van der Waals surface area (Å²) in [6.45, 7) is 4.80. The Morgan fingerprint density at radius 3 is 2.50 bits per heavy atom. The summed E-state index contributed by atoms with van der Waals surface area (Å²) in [5, 5.41) is 9.08. The molecule has 0 aromatic heterocycles. The number of carboxylic acids is 1. The Morgan fingerprint density at radius 1 is 1.38 bits per heavy atom. The third kappa shape index (κ3) is 1.90. The largest absolute Gasteiger partial charge is 0.481 e. The molecule has 1 aromatic carbocycles. The lowest BCUT2D eigenvalue weighted by atomic mass is 9.96. The van der Waals surface area contributed by atoms with Crippen LogP contribution in [0.25, 0.3) is 0 Å². The van der Waals surface area contributed by atoms with Crippen LogP contribution in [0.4, 0.5) is 5.69 Å². The van der Waals surface area contributed by atoms with E-state index in [0.717, 1.165) is 5.69 Å². The molecule has 1 N–H and O–H groups in total. The summed E-state index contributed by atoms with van der Waals surface area (Å²) in [6, 6.07) is 10.0. The lowest BCUT2D eigenvalue weighted by molar-refractivity contribution is -0.141. The molecule has 0 saturated carbocycles. The van der Waals surface area contributed by atoms with Crippen LogP contribution < -0.4 is 4.90 Å². The Kier molecular flexibility index (Phi) is 2.62. The average molecular weight is 219 g/mol. The van der Waals surface area contributed by atoms with Crippen molar-refractivity contribution in [2.45, 2.75) is 25.8 Å². The zero-order valence-electron chi connectivity index (χ0n) is 9.68. The number of aliphatic carboxylic acids is 1. The Balaban J connectivity index is 2.26. The van der Waals surface area contributed by atoms with E-state index >= 15 is 0 Å². The quantitative estimate of drug-likeness (QED) is 0.830. The van der Waals surface area contributed by atoms with Gasteiger partial charge in [-0.2, -0.15) is 0 Å². The van der Waals surface area contributed by atoms with Crippen LogP contribution in [-0.4, -0.2) is 23.2 Å². The zero-order valence-corrected chi connectivity index (χ0v) is 9.68. The normalized spacial score (nSPS) is 23.4. The summed E-state index contributed by atoms with van der Waals surface area (Å²) < 4.78 is 0. The summed E-state index contributed by atoms with van der Waals surface area (Å²) in [4.78, 5) is 13.2. The van der Waals surface area contributed by atoms with Gasteiger partial charge in [-0.3, -0.25) is 4.79 Å². The number of nitrogens with zero attached hydrogens (tertiary/aromatic N) is 1. The van der Waals surface area contributed by atoms with Gasteiger partial charge in [-0.05, 0) is 32.4 Å². The molecule has 1 unspecified atom stereocenters. The van der Waals surface area contributed by atoms with Crippen molar-refractivity contribution in [3.05, 3.63) is 30.3 Å². The molecule has 1 saturated heterocycles. The Labute approximate surface area is 95.7 Å². The van der Waals surface area contributed by atoms with Crippen LogP contribution in [0.1, 0.15) is 20.3 Å². The monoisotopic (exact) mass is 219 g/mol. The van der Waals surface area contributed by atoms with Crippen molar-refractivity contribution in [1.82, 2.24) is 0 Å². The van der Waals surface area contributed by atoms with Crippen LogP contribution in [0.5, 0.6) is 0 Å². The zero-order chi connectivity index (χ0) is 11.8. The van der Waals surface area contributed by atoms with E-state index in [4.69, 9.17) is 5.11 Å². The molecule has 0 amide bonds. The number of carboxylic acid groups (broad SMARTS) is 1. The first-order valence-corrected chi connectivity index (χ1v) is 5.56. The predicted molar refractivity (Wildman–Crippen MR) is 63.6 cm³/mol. The number of anilines is 1. The minimum Gasteiger partial charge on any atom is -0.481 e. The molecule has 1 aromatic rings. The molecule has 86 valence electrons. The molecule has 1 aliphatic heterocycles. The highest BCUT2D eigenvalue weighted by atomic mass is 16.4. The molecule has 2 rings (SSSR count). The van der Waals surface area contributed by atoms with Gasteiger partial charge < -0.3 is 10.0 Å². The van der Waals surface area contributed by atoms with E-state index in [9.17, 15) is 4.79 Å². The smallest absolute Gasteiger partial charge is 0.308 e. The van der Waals surface area contributed by atoms with Gasteiger partial charge in [0.15, 0.2) is 0 Å². The highest BCUT2D eigenvalue weighted by molar-refractivity contribution is 5.72. The molecule has 1 atom stereocenters. The fourth-order valence-electron chi connectivity index (χ4n) is 2.47. The van der Waals surface area contributed by atoms with Crippen molar-refractivity contribution in [2.24, 2.45) is 5.92 Å². The molecule has 16 heavy (non-hydrogen) atoms. The molecule has 0 aliphatic carbocycles. The first-order valence-electron chi connectivity index (χ1n) is 5.56. The van der Waals surface area contributed by atoms with Crippen LogP contribution in [0.2, 0.25) is 0 Å². The summed E-state index contributed by atoms with van der Waals surface area (Å²) in [7, 11) is 0. The SMILES string of the molecule is CC1(C)CC(C(=O)O)CN1c1ccccc1. The summed E-state index contributed by atoms with van der Waals surface area (Å²) in [6.07, 6.45) is 0.706. The van der Waals surface area contributed by atoms with E-state index in [1.165, 1.54) is 0 Å². The van der Waals surface area contributed by atoms with Crippen molar-refractivity contribution in [3.63, 3.8) is 0 Å². The number of para-hydroxylation sites is 1. The second kappa shape index (κ2) is 3.81. The van der Waals surface area contributed by atoms with Gasteiger partial charge in [0.2, 0.25) is 0 Å². The average Bonchev–Trinajstić information content (AvgIpc) is 2.56. The molecule has 1 fully saturated rings. The van der Waals surface area contributed by atoms with Gasteiger partial charge in [-0.15, -0.1) is 0 Å². The van der Waals surface area contributed by atoms with Crippen LogP contribution >= 0.6 is 0 Å². The molecule has 1 aliphatic rings. The fourth-order valence-corrected chi connectivity index (χ4v) is 2.47. The maximum absolute atomic E-state index is 11.0. The van der Waals surface area contributed by atoms with Gasteiger partial charge in [-0.25, -0.2) is 0 Å².